The summed E-state index contributed by atoms with van der Waals surface area (Å²) in [5.74, 6) is 2.80. The minimum Gasteiger partial charge on any atom is -0.508 e. The van der Waals surface area contributed by atoms with Gasteiger partial charge in [0.2, 0.25) is 15.0 Å². The Hall–Kier alpha value is -8.61. The molecule has 0 fully saturated rings. The average molecular weight is 1160 g/mol. The first-order valence-corrected chi connectivity index (χ1v) is 29.7. The molecule has 6 N–H and O–H groups in total. The Bertz CT molecular complexity index is 3820. The lowest BCUT2D eigenvalue weighted by Crippen LogP contribution is -2.09. The summed E-state index contributed by atoms with van der Waals surface area (Å²) in [6, 6.07) is 30.3. The number of phenolic OH excluding ortho intramolecular Hbond substituents is 6. The van der Waals surface area contributed by atoms with Crippen molar-refractivity contribution in [2.75, 3.05) is 40.1 Å². The zero-order valence-electron chi connectivity index (χ0n) is 46.5. The smallest absolute Gasteiger partial charge is 0.254 e. The Morgan fingerprint density at radius 1 is 0.469 bits per heavy atom. The van der Waals surface area contributed by atoms with Gasteiger partial charge in [0.05, 0.1) is 65.9 Å². The van der Waals surface area contributed by atoms with E-state index in [1.807, 2.05) is 76.6 Å². The van der Waals surface area contributed by atoms with E-state index in [2.05, 4.69) is 30.6 Å². The van der Waals surface area contributed by atoms with Crippen LogP contribution in [0.25, 0.3) is 51.2 Å². The summed E-state index contributed by atoms with van der Waals surface area (Å²) in [4.78, 5) is 0. The van der Waals surface area contributed by atoms with Crippen LogP contribution in [0.15, 0.2) is 125 Å². The number of benzene rings is 6. The van der Waals surface area contributed by atoms with E-state index in [0.29, 0.717) is 61.9 Å². The van der Waals surface area contributed by atoms with E-state index in [4.69, 9.17) is 14.2 Å². The fourth-order valence-corrected chi connectivity index (χ4v) is 10.3. The monoisotopic (exact) mass is 1160 g/mol. The van der Waals surface area contributed by atoms with Crippen molar-refractivity contribution in [1.29, 1.82) is 0 Å². The topological polar surface area (TPSA) is 292 Å². The van der Waals surface area contributed by atoms with Crippen molar-refractivity contribution in [3.63, 3.8) is 0 Å². The molecule has 9 aromatic rings. The molecule has 0 aliphatic carbocycles. The highest BCUT2D eigenvalue weighted by molar-refractivity contribution is 7.98. The van der Waals surface area contributed by atoms with Crippen molar-refractivity contribution in [3.8, 4) is 103 Å². The van der Waals surface area contributed by atoms with Crippen molar-refractivity contribution in [2.45, 2.75) is 74.8 Å². The Kier molecular flexibility index (Phi) is 18.7. The van der Waals surface area contributed by atoms with Crippen molar-refractivity contribution in [1.82, 2.24) is 44.3 Å². The van der Waals surface area contributed by atoms with Crippen LogP contribution in [0.4, 0.5) is 0 Å². The summed E-state index contributed by atoms with van der Waals surface area (Å²) in [6.45, 7) is 11.6. The summed E-state index contributed by atoms with van der Waals surface area (Å²) in [7, 11) is -0.377. The normalized spacial score (nSPS) is 11.7. The van der Waals surface area contributed by atoms with Crippen molar-refractivity contribution in [3.05, 3.63) is 126 Å². The van der Waals surface area contributed by atoms with Gasteiger partial charge in [0.15, 0.2) is 22.6 Å². The first-order chi connectivity index (χ1) is 38.4. The molecule has 0 radical (unpaired) electrons. The summed E-state index contributed by atoms with van der Waals surface area (Å²) >= 11 is 1.46. The lowest BCUT2D eigenvalue weighted by Gasteiger charge is -2.14. The van der Waals surface area contributed by atoms with E-state index in [0.717, 1.165) is 23.3 Å². The third-order valence-electron chi connectivity index (χ3n) is 12.7. The van der Waals surface area contributed by atoms with Gasteiger partial charge in [0.25, 0.3) is 5.16 Å². The van der Waals surface area contributed by atoms with E-state index in [-0.39, 0.29) is 74.0 Å². The number of methoxy groups -OCH3 is 3. The molecule has 1 unspecified atom stereocenters. The van der Waals surface area contributed by atoms with Crippen LogP contribution in [-0.2, 0) is 20.6 Å². The van der Waals surface area contributed by atoms with Crippen LogP contribution >= 0.6 is 11.8 Å². The molecule has 3 aromatic heterocycles. The summed E-state index contributed by atoms with van der Waals surface area (Å²) < 4.78 is 57.1. The number of hydrogen-bond donors (Lipinski definition) is 6. The molecule has 81 heavy (non-hydrogen) atoms. The number of sulfone groups is 1. The molecule has 0 aliphatic heterocycles. The molecule has 0 spiro atoms. The molecule has 0 aliphatic rings. The number of hydrogen-bond acceptors (Lipinski definition) is 19. The Morgan fingerprint density at radius 3 is 1.12 bits per heavy atom. The first kappa shape index (κ1) is 60.0. The predicted molar refractivity (Wildman–Crippen MR) is 310 cm³/mol. The molecule has 9 rings (SSSR count). The number of nitrogens with zero attached hydrogens (tertiary/aromatic N) is 9. The summed E-state index contributed by atoms with van der Waals surface area (Å²) in [5.41, 5.74) is 5.22. The highest BCUT2D eigenvalue weighted by Crippen LogP contribution is 2.42. The fourth-order valence-electron chi connectivity index (χ4n) is 8.49. The van der Waals surface area contributed by atoms with Gasteiger partial charge in [0.1, 0.15) is 51.7 Å². The highest BCUT2D eigenvalue weighted by atomic mass is 32.2. The van der Waals surface area contributed by atoms with Crippen LogP contribution in [0.1, 0.15) is 76.0 Å². The zero-order valence-corrected chi connectivity index (χ0v) is 49.0. The summed E-state index contributed by atoms with van der Waals surface area (Å²) in [6.07, 6.45) is 4.48. The maximum Gasteiger partial charge on any atom is 0.254 e. The minimum absolute atomic E-state index is 0.0149. The molecule has 0 saturated heterocycles. The van der Waals surface area contributed by atoms with Gasteiger partial charge < -0.3 is 44.8 Å². The number of rotatable bonds is 15. The van der Waals surface area contributed by atoms with E-state index >= 15 is 0 Å². The lowest BCUT2D eigenvalue weighted by atomic mass is 9.98. The number of aromatic hydroxyl groups is 6. The van der Waals surface area contributed by atoms with Gasteiger partial charge >= 0.3 is 0 Å². The zero-order chi connectivity index (χ0) is 59.2. The number of phenols is 6. The number of aromatic nitrogens is 9. The molecular formula is C57H63N9O12S3. The molecule has 24 heteroatoms. The third-order valence-corrected chi connectivity index (χ3v) is 15.0. The molecule has 0 amide bonds. The van der Waals surface area contributed by atoms with Crippen LogP contribution in [0.3, 0.4) is 0 Å². The van der Waals surface area contributed by atoms with E-state index < -0.39 is 20.6 Å². The average Bonchev–Trinajstić information content (AvgIpc) is 3.91. The molecule has 426 valence electrons. The molecule has 0 bridgehead atoms. The van der Waals surface area contributed by atoms with Crippen LogP contribution in [0.5, 0.6) is 51.7 Å². The molecule has 6 aromatic carbocycles. The molecule has 1 atom stereocenters. The van der Waals surface area contributed by atoms with Gasteiger partial charge in [-0.3, -0.25) is 17.9 Å². The van der Waals surface area contributed by atoms with E-state index in [1.54, 1.807) is 85.5 Å². The molecular weight excluding hydrogens is 1100 g/mol. The molecule has 0 saturated carbocycles. The quantitative estimate of drug-likeness (QED) is 0.0520. The third kappa shape index (κ3) is 13.0. The Morgan fingerprint density at radius 2 is 0.790 bits per heavy atom. The van der Waals surface area contributed by atoms with Crippen LogP contribution < -0.4 is 14.2 Å². The predicted octanol–water partition coefficient (Wildman–Crippen LogP) is 10.3. The highest BCUT2D eigenvalue weighted by Gasteiger charge is 2.27. The second-order valence-electron chi connectivity index (χ2n) is 19.2. The second kappa shape index (κ2) is 25.2. The largest absolute Gasteiger partial charge is 0.508 e. The van der Waals surface area contributed by atoms with Gasteiger partial charge in [-0.05, 0) is 132 Å². The minimum atomic E-state index is -3.70. The van der Waals surface area contributed by atoms with E-state index in [9.17, 15) is 43.3 Å². The van der Waals surface area contributed by atoms with Crippen molar-refractivity contribution < 1.29 is 57.5 Å². The van der Waals surface area contributed by atoms with Crippen LogP contribution in [-0.4, -0.2) is 128 Å². The lowest BCUT2D eigenvalue weighted by molar-refractivity contribution is 0.414. The van der Waals surface area contributed by atoms with Gasteiger partial charge in [-0.2, -0.15) is 0 Å². The Balaban J connectivity index is 0.000000175. The Labute approximate surface area is 475 Å². The number of ether oxygens (including phenoxy) is 3. The number of thioether (sulfide) groups is 1. The van der Waals surface area contributed by atoms with Crippen molar-refractivity contribution in [2.24, 2.45) is 0 Å². The maximum atomic E-state index is 12.3. The fraction of sp³-hybridized carbons (Fsp3) is 0.263. The standard InChI is InChI=1S/C19H21N3O5S.C19H21N3O4S.C19H21N3O3S/c1-11(2)14-9-15(17(24)10-16(14)23)18-20-21-19(28(4,25)26)22(18)12-5-7-13(27-3)8-6-12;1-11(2)14-9-15(17(24)10-16(14)23)18-20-21-19(27(4)25)22(18)12-5-7-13(26-3)8-6-12;1-11(2)14-9-15(17(24)10-16(14)23)18-20-21-19(26-4)22(18)12-5-7-13(25-3)8-6-12/h5-11,23-24H,1-4H3;5-11,23-24H,1-4H3;5-11,23-24H,1-4H3. The van der Waals surface area contributed by atoms with Crippen LogP contribution in [0, 0.1) is 0 Å². The van der Waals surface area contributed by atoms with Gasteiger partial charge in [-0.15, -0.1) is 30.6 Å². The van der Waals surface area contributed by atoms with Crippen molar-refractivity contribution >= 4 is 32.4 Å². The SMILES string of the molecule is COc1ccc(-n2c(-c3cc(C(C)C)c(O)cc3O)nnc2S(C)(=O)=O)cc1.COc1ccc(-n2c(-c3cc(C(C)C)c(O)cc3O)nnc2S(C)=O)cc1.COc1ccc(-n2c(SC)nnc2-c2cc(C(C)C)c(O)cc2O)cc1. The first-order valence-electron chi connectivity index (χ1n) is 25.0. The van der Waals surface area contributed by atoms with Crippen LogP contribution in [0.2, 0.25) is 0 Å². The molecule has 21 nitrogen and oxygen atoms in total. The van der Waals surface area contributed by atoms with Gasteiger partial charge in [-0.25, -0.2) is 8.42 Å². The van der Waals surface area contributed by atoms with Gasteiger partial charge in [0, 0.05) is 30.7 Å². The van der Waals surface area contributed by atoms with Gasteiger partial charge in [-0.1, -0.05) is 53.3 Å². The molecule has 3 heterocycles. The second-order valence-corrected chi connectivity index (χ2v) is 23.2. The maximum absolute atomic E-state index is 12.3. The summed E-state index contributed by atoms with van der Waals surface area (Å²) in [5, 5.41) is 86.9. The van der Waals surface area contributed by atoms with E-state index in [1.165, 1.54) is 47.9 Å².